The first-order valence-electron chi connectivity index (χ1n) is 7.40. The van der Waals surface area contributed by atoms with Gasteiger partial charge in [0, 0.05) is 31.4 Å². The zero-order valence-electron chi connectivity index (χ0n) is 12.6. The predicted molar refractivity (Wildman–Crippen MR) is 81.1 cm³/mol. The van der Waals surface area contributed by atoms with Crippen LogP contribution in [-0.2, 0) is 17.5 Å². The average molecular weight is 336 g/mol. The minimum absolute atomic E-state index is 0.302. The number of aliphatic carboxylic acids is 1. The number of carbonyl (C=O) groups is 1. The summed E-state index contributed by atoms with van der Waals surface area (Å²) in [5.74, 6) is -1.08. The molecule has 0 unspecified atom stereocenters. The normalized spacial score (nSPS) is 16.0. The largest absolute Gasteiger partial charge is 0.481 e. The number of pyridine rings is 1. The molecule has 4 nitrogen and oxygen atoms in total. The van der Waals surface area contributed by atoms with Crippen molar-refractivity contribution in [2.45, 2.75) is 12.7 Å². The van der Waals surface area contributed by atoms with Crippen LogP contribution in [0.5, 0.6) is 0 Å². The monoisotopic (exact) mass is 336 g/mol. The molecule has 0 saturated carbocycles. The number of carboxylic acids is 1. The van der Waals surface area contributed by atoms with Gasteiger partial charge in [-0.3, -0.25) is 14.7 Å². The summed E-state index contributed by atoms with van der Waals surface area (Å²) in [4.78, 5) is 17.0. The van der Waals surface area contributed by atoms with Crippen LogP contribution >= 0.6 is 0 Å². The van der Waals surface area contributed by atoms with E-state index in [0.29, 0.717) is 30.9 Å². The highest BCUT2D eigenvalue weighted by atomic mass is 19.4. The van der Waals surface area contributed by atoms with Crippen LogP contribution in [0.3, 0.4) is 0 Å². The summed E-state index contributed by atoms with van der Waals surface area (Å²) >= 11 is 0. The van der Waals surface area contributed by atoms with Crippen molar-refractivity contribution in [2.24, 2.45) is 5.92 Å². The van der Waals surface area contributed by atoms with Crippen LogP contribution < -0.4 is 0 Å². The van der Waals surface area contributed by atoms with Crippen molar-refractivity contribution in [1.29, 1.82) is 0 Å². The number of halogens is 3. The fourth-order valence-corrected chi connectivity index (χ4v) is 2.63. The van der Waals surface area contributed by atoms with Crippen molar-refractivity contribution >= 4 is 5.97 Å². The quantitative estimate of drug-likeness (QED) is 0.931. The van der Waals surface area contributed by atoms with Crippen LogP contribution in [-0.4, -0.2) is 34.0 Å². The van der Waals surface area contributed by atoms with E-state index in [9.17, 15) is 18.0 Å². The van der Waals surface area contributed by atoms with Crippen LogP contribution in [0.25, 0.3) is 11.3 Å². The molecule has 126 valence electrons. The summed E-state index contributed by atoms with van der Waals surface area (Å²) < 4.78 is 37.7. The molecule has 0 atom stereocenters. The van der Waals surface area contributed by atoms with Crippen molar-refractivity contribution in [1.82, 2.24) is 9.88 Å². The third kappa shape index (κ3) is 3.56. The minimum atomic E-state index is -4.35. The van der Waals surface area contributed by atoms with E-state index in [0.717, 1.165) is 17.7 Å². The van der Waals surface area contributed by atoms with Gasteiger partial charge in [-0.15, -0.1) is 0 Å². The third-order valence-corrected chi connectivity index (χ3v) is 4.05. The van der Waals surface area contributed by atoms with Gasteiger partial charge in [0.25, 0.3) is 0 Å². The molecule has 1 aromatic heterocycles. The fourth-order valence-electron chi connectivity index (χ4n) is 2.63. The highest BCUT2D eigenvalue weighted by Gasteiger charge is 2.32. The number of hydrogen-bond donors (Lipinski definition) is 1. The summed E-state index contributed by atoms with van der Waals surface area (Å²) in [5, 5.41) is 8.84. The van der Waals surface area contributed by atoms with E-state index >= 15 is 0 Å². The first-order valence-corrected chi connectivity index (χ1v) is 7.40. The number of hydrogen-bond acceptors (Lipinski definition) is 3. The summed E-state index contributed by atoms with van der Waals surface area (Å²) in [6, 6.07) is 8.49. The molecule has 1 aromatic carbocycles. The Hall–Kier alpha value is -2.41. The lowest BCUT2D eigenvalue weighted by Gasteiger charge is -2.36. The first-order chi connectivity index (χ1) is 11.3. The van der Waals surface area contributed by atoms with E-state index in [1.807, 2.05) is 11.0 Å². The maximum absolute atomic E-state index is 12.6. The number of benzene rings is 1. The Balaban J connectivity index is 1.63. The fraction of sp³-hybridized carbons (Fsp3) is 0.294. The molecule has 0 aliphatic carbocycles. The van der Waals surface area contributed by atoms with E-state index in [1.165, 1.54) is 12.1 Å². The molecule has 1 aliphatic heterocycles. The molecule has 2 aromatic rings. The van der Waals surface area contributed by atoms with Crippen LogP contribution in [0.1, 0.15) is 11.1 Å². The smallest absolute Gasteiger partial charge is 0.416 e. The van der Waals surface area contributed by atoms with Crippen molar-refractivity contribution in [2.75, 3.05) is 13.1 Å². The van der Waals surface area contributed by atoms with Crippen molar-refractivity contribution in [3.05, 3.63) is 53.7 Å². The molecule has 1 fully saturated rings. The molecule has 0 bridgehead atoms. The molecule has 24 heavy (non-hydrogen) atoms. The van der Waals surface area contributed by atoms with E-state index in [-0.39, 0.29) is 5.92 Å². The molecule has 0 amide bonds. The van der Waals surface area contributed by atoms with Crippen molar-refractivity contribution < 1.29 is 23.1 Å². The Morgan fingerprint density at radius 3 is 2.33 bits per heavy atom. The zero-order chi connectivity index (χ0) is 17.3. The second-order valence-corrected chi connectivity index (χ2v) is 5.86. The number of nitrogens with zero attached hydrogens (tertiary/aromatic N) is 2. The second kappa shape index (κ2) is 6.24. The SMILES string of the molecule is O=C(O)C1CN(Cc2ccc(-c3ccc(C(F)(F)F)cc3)nc2)C1. The predicted octanol–water partition coefficient (Wildman–Crippen LogP) is 3.28. The summed E-state index contributed by atoms with van der Waals surface area (Å²) in [6.07, 6.45) is -2.68. The second-order valence-electron chi connectivity index (χ2n) is 5.86. The number of likely N-dealkylation sites (tertiary alicyclic amines) is 1. The maximum atomic E-state index is 12.6. The van der Waals surface area contributed by atoms with E-state index < -0.39 is 17.7 Å². The van der Waals surface area contributed by atoms with Crippen molar-refractivity contribution in [3.63, 3.8) is 0 Å². The highest BCUT2D eigenvalue weighted by molar-refractivity contribution is 5.71. The van der Waals surface area contributed by atoms with Gasteiger partial charge in [-0.25, -0.2) is 0 Å². The molecular weight excluding hydrogens is 321 g/mol. The lowest BCUT2D eigenvalue weighted by Crippen LogP contribution is -2.49. The van der Waals surface area contributed by atoms with Gasteiger partial charge in [-0.05, 0) is 23.8 Å². The number of aromatic nitrogens is 1. The van der Waals surface area contributed by atoms with Gasteiger partial charge in [-0.1, -0.05) is 18.2 Å². The van der Waals surface area contributed by atoms with E-state index in [1.54, 1.807) is 12.3 Å². The molecule has 1 aliphatic rings. The topological polar surface area (TPSA) is 53.4 Å². The Morgan fingerprint density at radius 2 is 1.83 bits per heavy atom. The maximum Gasteiger partial charge on any atom is 0.416 e. The van der Waals surface area contributed by atoms with Gasteiger partial charge < -0.3 is 5.11 Å². The summed E-state index contributed by atoms with van der Waals surface area (Å²) in [7, 11) is 0. The number of rotatable bonds is 4. The molecule has 0 spiro atoms. The van der Waals surface area contributed by atoms with Gasteiger partial charge in [-0.2, -0.15) is 13.2 Å². The summed E-state index contributed by atoms with van der Waals surface area (Å²) in [6.45, 7) is 1.66. The Bertz CT molecular complexity index is 721. The van der Waals surface area contributed by atoms with Gasteiger partial charge in [0.2, 0.25) is 0 Å². The van der Waals surface area contributed by atoms with Crippen LogP contribution in [0.4, 0.5) is 13.2 Å². The number of alkyl halides is 3. The molecule has 7 heteroatoms. The lowest BCUT2D eigenvalue weighted by atomic mass is 10.00. The molecule has 1 N–H and O–H groups in total. The van der Waals surface area contributed by atoms with E-state index in [2.05, 4.69) is 4.98 Å². The molecule has 1 saturated heterocycles. The first kappa shape index (κ1) is 16.4. The van der Waals surface area contributed by atoms with Crippen LogP contribution in [0, 0.1) is 5.92 Å². The third-order valence-electron chi connectivity index (χ3n) is 4.05. The van der Waals surface area contributed by atoms with Gasteiger partial charge in [0.05, 0.1) is 17.2 Å². The van der Waals surface area contributed by atoms with Crippen LogP contribution in [0.15, 0.2) is 42.6 Å². The summed E-state index contributed by atoms with van der Waals surface area (Å²) in [5.41, 5.74) is 1.46. The zero-order valence-corrected chi connectivity index (χ0v) is 12.6. The minimum Gasteiger partial charge on any atom is -0.481 e. The Kier molecular flexibility index (Phi) is 4.28. The molecule has 3 rings (SSSR count). The van der Waals surface area contributed by atoms with Gasteiger partial charge in [0.1, 0.15) is 0 Å². The van der Waals surface area contributed by atoms with E-state index in [4.69, 9.17) is 5.11 Å². The molecular formula is C17H15F3N2O2. The van der Waals surface area contributed by atoms with Gasteiger partial charge >= 0.3 is 12.1 Å². The van der Waals surface area contributed by atoms with Gasteiger partial charge in [0.15, 0.2) is 0 Å². The highest BCUT2D eigenvalue weighted by Crippen LogP contribution is 2.30. The molecule has 2 heterocycles. The Morgan fingerprint density at radius 1 is 1.17 bits per heavy atom. The van der Waals surface area contributed by atoms with Crippen LogP contribution in [0.2, 0.25) is 0 Å². The number of carboxylic acid groups (broad SMARTS) is 1. The average Bonchev–Trinajstić information content (AvgIpc) is 2.50. The van der Waals surface area contributed by atoms with Crippen molar-refractivity contribution in [3.8, 4) is 11.3 Å². The molecule has 0 radical (unpaired) electrons. The Labute approximate surface area is 136 Å². The standard InChI is InChI=1S/C17H15F3N2O2/c18-17(19,20)14-4-2-12(3-5-14)15-6-1-11(7-21-15)8-22-9-13(10-22)16(23)24/h1-7,13H,8-10H2,(H,23,24). The lowest BCUT2D eigenvalue weighted by molar-refractivity contribution is -0.147.